The maximum atomic E-state index is 14.8. The van der Waals surface area contributed by atoms with Crippen LogP contribution in [0.5, 0.6) is 0 Å². The first-order chi connectivity index (χ1) is 21.8. The molecule has 2 heterocycles. The van der Waals surface area contributed by atoms with Gasteiger partial charge < -0.3 is 9.84 Å². The highest BCUT2D eigenvalue weighted by molar-refractivity contribution is 7.89. The summed E-state index contributed by atoms with van der Waals surface area (Å²) in [5, 5.41) is 17.8. The number of sulfonamides is 1. The highest BCUT2D eigenvalue weighted by Crippen LogP contribution is 2.37. The second-order valence-corrected chi connectivity index (χ2v) is 14.6. The molecule has 2 N–H and O–H groups in total. The topological polar surface area (TPSA) is 119 Å². The Morgan fingerprint density at radius 2 is 1.57 bits per heavy atom. The Morgan fingerprint density at radius 3 is 2.09 bits per heavy atom. The number of aliphatic hydroxyl groups is 1. The zero-order valence-corrected chi connectivity index (χ0v) is 27.6. The molecule has 0 radical (unpaired) electrons. The fraction of sp³-hybridized carbons (Fsp3) is 0.371. The molecule has 244 valence electrons. The SMILES string of the molecule is CC(=O)N([C@@H](Cc1ccccc1)C(O)C1NC(C)(C)CO1)N1C(=O)C(C(C)C)N(S(=O)(=O)c2ccccc2)C=C1c1ccccc1. The summed E-state index contributed by atoms with van der Waals surface area (Å²) in [5.41, 5.74) is 1.11. The van der Waals surface area contributed by atoms with Crippen LogP contribution in [0, 0.1) is 5.92 Å². The number of rotatable bonds is 10. The van der Waals surface area contributed by atoms with Gasteiger partial charge in [-0.05, 0) is 43.9 Å². The van der Waals surface area contributed by atoms with Crippen LogP contribution in [0.15, 0.2) is 102 Å². The zero-order chi connectivity index (χ0) is 33.2. The maximum absolute atomic E-state index is 14.8. The molecule has 1 saturated heterocycles. The molecule has 0 spiro atoms. The number of nitrogens with zero attached hydrogens (tertiary/aromatic N) is 3. The van der Waals surface area contributed by atoms with Gasteiger partial charge in [0, 0.05) is 24.2 Å². The van der Waals surface area contributed by atoms with E-state index in [1.165, 1.54) is 35.3 Å². The van der Waals surface area contributed by atoms with Gasteiger partial charge in [-0.25, -0.2) is 18.4 Å². The molecular weight excluding hydrogens is 604 g/mol. The summed E-state index contributed by atoms with van der Waals surface area (Å²) in [7, 11) is -4.18. The number of ether oxygens (including phenoxy) is 1. The molecule has 0 aromatic heterocycles. The van der Waals surface area contributed by atoms with E-state index in [1.54, 1.807) is 56.3 Å². The average Bonchev–Trinajstić information content (AvgIpc) is 3.41. The highest BCUT2D eigenvalue weighted by atomic mass is 32.2. The third-order valence-corrected chi connectivity index (χ3v) is 9.99. The molecule has 3 aromatic rings. The Hall–Kier alpha value is -4.03. The van der Waals surface area contributed by atoms with Crippen LogP contribution >= 0.6 is 0 Å². The molecular formula is C35H42N4O6S. The smallest absolute Gasteiger partial charge is 0.270 e. The van der Waals surface area contributed by atoms with Crippen LogP contribution in [-0.2, 0) is 30.8 Å². The van der Waals surface area contributed by atoms with Crippen LogP contribution in [0.4, 0.5) is 0 Å². The molecule has 4 atom stereocenters. The Kier molecular flexibility index (Phi) is 9.69. The number of carbonyl (C=O) groups is 2. The standard InChI is InChI=1S/C35H42N4O6S/c1-24(2)31-34(42)39(30(27-17-11-7-12-18-27)22-37(31)46(43,44)28-19-13-8-14-20-28)38(25(3)40)29(21-26-15-9-6-10-16-26)32(41)33-36-35(4,5)23-45-33/h6-20,22,24,29,31-33,36,41H,21,23H2,1-5H3/t29-,31?,32?,33?/m0/s1. The molecule has 0 bridgehead atoms. The first-order valence-electron chi connectivity index (χ1n) is 15.4. The summed E-state index contributed by atoms with van der Waals surface area (Å²) in [6.45, 7) is 9.12. The third kappa shape index (κ3) is 6.73. The van der Waals surface area contributed by atoms with Gasteiger partial charge in [-0.3, -0.25) is 19.2 Å². The minimum Gasteiger partial charge on any atom is -0.387 e. The largest absolute Gasteiger partial charge is 0.387 e. The Morgan fingerprint density at radius 1 is 1.00 bits per heavy atom. The van der Waals surface area contributed by atoms with Crippen molar-refractivity contribution in [2.45, 2.75) is 75.9 Å². The van der Waals surface area contributed by atoms with Crippen LogP contribution < -0.4 is 5.32 Å². The van der Waals surface area contributed by atoms with Crippen molar-refractivity contribution < 1.29 is 27.9 Å². The zero-order valence-electron chi connectivity index (χ0n) is 26.8. The van der Waals surface area contributed by atoms with Crippen molar-refractivity contribution in [1.29, 1.82) is 0 Å². The summed E-state index contributed by atoms with van der Waals surface area (Å²) < 4.78 is 35.3. The Bertz CT molecular complexity index is 1660. The molecule has 46 heavy (non-hydrogen) atoms. The van der Waals surface area contributed by atoms with E-state index in [0.717, 1.165) is 9.87 Å². The first kappa shape index (κ1) is 33.3. The molecule has 2 amide bonds. The molecule has 1 fully saturated rings. The van der Waals surface area contributed by atoms with Crippen LogP contribution in [0.3, 0.4) is 0 Å². The summed E-state index contributed by atoms with van der Waals surface area (Å²) in [5.74, 6) is -1.60. The average molecular weight is 647 g/mol. The molecule has 2 aliphatic heterocycles. The number of nitrogens with one attached hydrogen (secondary N) is 1. The predicted octanol–water partition coefficient (Wildman–Crippen LogP) is 4.00. The van der Waals surface area contributed by atoms with E-state index < -0.39 is 57.7 Å². The highest BCUT2D eigenvalue weighted by Gasteiger charge is 2.49. The van der Waals surface area contributed by atoms with Crippen molar-refractivity contribution in [3.63, 3.8) is 0 Å². The van der Waals surface area contributed by atoms with Gasteiger partial charge in [0.15, 0.2) is 0 Å². The summed E-state index contributed by atoms with van der Waals surface area (Å²) >= 11 is 0. The van der Waals surface area contributed by atoms with Crippen molar-refractivity contribution in [2.24, 2.45) is 5.92 Å². The number of aliphatic hydroxyl groups excluding tert-OH is 1. The number of carbonyl (C=O) groups excluding carboxylic acids is 2. The molecule has 11 heteroatoms. The van der Waals surface area contributed by atoms with Gasteiger partial charge in [-0.2, -0.15) is 0 Å². The van der Waals surface area contributed by atoms with Crippen molar-refractivity contribution in [2.75, 3.05) is 6.61 Å². The van der Waals surface area contributed by atoms with E-state index in [-0.39, 0.29) is 17.0 Å². The molecule has 0 saturated carbocycles. The van der Waals surface area contributed by atoms with E-state index in [4.69, 9.17) is 4.74 Å². The van der Waals surface area contributed by atoms with Crippen molar-refractivity contribution in [3.05, 3.63) is 108 Å². The molecule has 2 aliphatic rings. The fourth-order valence-corrected chi connectivity index (χ4v) is 7.65. The van der Waals surface area contributed by atoms with Gasteiger partial charge in [0.2, 0.25) is 5.91 Å². The van der Waals surface area contributed by atoms with Crippen molar-refractivity contribution >= 4 is 27.5 Å². The maximum Gasteiger partial charge on any atom is 0.270 e. The second kappa shape index (κ2) is 13.4. The molecule has 3 unspecified atom stereocenters. The summed E-state index contributed by atoms with van der Waals surface area (Å²) in [6, 6.07) is 24.0. The predicted molar refractivity (Wildman–Crippen MR) is 175 cm³/mol. The lowest BCUT2D eigenvalue weighted by atomic mass is 9.97. The lowest BCUT2D eigenvalue weighted by Crippen LogP contribution is -2.65. The monoisotopic (exact) mass is 646 g/mol. The van der Waals surface area contributed by atoms with Gasteiger partial charge in [0.1, 0.15) is 18.4 Å². The molecule has 3 aromatic carbocycles. The number of benzene rings is 3. The van der Waals surface area contributed by atoms with Gasteiger partial charge >= 0.3 is 0 Å². The minimum absolute atomic E-state index is 0.0402. The number of hydrazine groups is 1. The van der Waals surface area contributed by atoms with E-state index in [0.29, 0.717) is 12.2 Å². The number of amides is 2. The van der Waals surface area contributed by atoms with E-state index in [9.17, 15) is 23.1 Å². The first-order valence-corrected chi connectivity index (χ1v) is 16.9. The van der Waals surface area contributed by atoms with Gasteiger partial charge in [-0.1, -0.05) is 92.7 Å². The van der Waals surface area contributed by atoms with Gasteiger partial charge in [-0.15, -0.1) is 0 Å². The van der Waals surface area contributed by atoms with E-state index in [1.807, 2.05) is 50.2 Å². The molecule has 10 nitrogen and oxygen atoms in total. The molecule has 0 aliphatic carbocycles. The fourth-order valence-electron chi connectivity index (χ4n) is 6.03. The van der Waals surface area contributed by atoms with Gasteiger partial charge in [0.05, 0.1) is 23.2 Å². The van der Waals surface area contributed by atoms with Gasteiger partial charge in [0.25, 0.3) is 15.9 Å². The van der Waals surface area contributed by atoms with Crippen LogP contribution in [-0.4, -0.2) is 76.2 Å². The van der Waals surface area contributed by atoms with E-state index in [2.05, 4.69) is 5.32 Å². The lowest BCUT2D eigenvalue weighted by Gasteiger charge is -2.48. The third-order valence-electron chi connectivity index (χ3n) is 8.23. The summed E-state index contributed by atoms with van der Waals surface area (Å²) in [4.78, 5) is 28.7. The minimum atomic E-state index is -4.18. The van der Waals surface area contributed by atoms with E-state index >= 15 is 0 Å². The normalized spacial score (nSPS) is 21.2. The lowest BCUT2D eigenvalue weighted by molar-refractivity contribution is -0.172. The molecule has 5 rings (SSSR count). The van der Waals surface area contributed by atoms with Crippen LogP contribution in [0.2, 0.25) is 0 Å². The quantitative estimate of drug-likeness (QED) is 0.342. The Balaban J connectivity index is 1.70. The summed E-state index contributed by atoms with van der Waals surface area (Å²) in [6.07, 6.45) is -0.475. The van der Waals surface area contributed by atoms with Crippen molar-refractivity contribution in [1.82, 2.24) is 19.6 Å². The second-order valence-electron chi connectivity index (χ2n) is 12.7. The van der Waals surface area contributed by atoms with Crippen LogP contribution in [0.1, 0.15) is 45.7 Å². The number of hydrogen-bond acceptors (Lipinski definition) is 7. The number of hydrogen-bond donors (Lipinski definition) is 2. The van der Waals surface area contributed by atoms with Crippen LogP contribution in [0.25, 0.3) is 5.70 Å². The van der Waals surface area contributed by atoms with Crippen molar-refractivity contribution in [3.8, 4) is 0 Å². The Labute approximate surface area is 271 Å².